The molecule has 0 atom stereocenters. The minimum atomic E-state index is -4.30. The summed E-state index contributed by atoms with van der Waals surface area (Å²) in [5.74, 6) is 0.470. The molecule has 2 aromatic carbocycles. The van der Waals surface area contributed by atoms with Gasteiger partial charge in [0, 0.05) is 19.0 Å². The van der Waals surface area contributed by atoms with Crippen molar-refractivity contribution in [1.29, 1.82) is 0 Å². The highest BCUT2D eigenvalue weighted by atomic mass is 35.5. The molecule has 0 saturated heterocycles. The molecule has 0 aliphatic carbocycles. The standard InChI is InChI=1S/C16H15ClF3N/c17-9-12-4-6-13(7-5-12)10-21-11-14-2-1-3-15(8-14)16(18,19)20/h1-8,21H,9-11H2. The molecule has 5 heteroatoms. The van der Waals surface area contributed by atoms with Crippen LogP contribution in [0.15, 0.2) is 48.5 Å². The van der Waals surface area contributed by atoms with Crippen LogP contribution >= 0.6 is 11.6 Å². The molecule has 1 N–H and O–H groups in total. The Morgan fingerprint density at radius 2 is 1.48 bits per heavy atom. The molecule has 0 saturated carbocycles. The third-order valence-corrected chi connectivity index (χ3v) is 3.40. The van der Waals surface area contributed by atoms with Crippen LogP contribution < -0.4 is 5.32 Å². The van der Waals surface area contributed by atoms with Gasteiger partial charge in [0.15, 0.2) is 0 Å². The molecule has 112 valence electrons. The first kappa shape index (κ1) is 15.9. The molecule has 0 aromatic heterocycles. The largest absolute Gasteiger partial charge is 0.416 e. The van der Waals surface area contributed by atoms with Crippen LogP contribution in [0.2, 0.25) is 0 Å². The predicted molar refractivity (Wildman–Crippen MR) is 78.0 cm³/mol. The Hall–Kier alpha value is -1.52. The number of halogens is 4. The summed E-state index contributed by atoms with van der Waals surface area (Å²) < 4.78 is 37.8. The maximum Gasteiger partial charge on any atom is 0.416 e. The molecule has 0 aliphatic rings. The molecule has 0 radical (unpaired) electrons. The van der Waals surface area contributed by atoms with E-state index in [1.165, 1.54) is 12.1 Å². The van der Waals surface area contributed by atoms with E-state index < -0.39 is 11.7 Å². The van der Waals surface area contributed by atoms with E-state index in [1.54, 1.807) is 6.07 Å². The van der Waals surface area contributed by atoms with E-state index in [9.17, 15) is 13.2 Å². The normalized spacial score (nSPS) is 11.6. The van der Waals surface area contributed by atoms with Gasteiger partial charge in [0.1, 0.15) is 0 Å². The molecule has 2 aromatic rings. The van der Waals surface area contributed by atoms with Crippen molar-refractivity contribution < 1.29 is 13.2 Å². The van der Waals surface area contributed by atoms with Crippen molar-refractivity contribution in [1.82, 2.24) is 5.32 Å². The minimum absolute atomic E-state index is 0.390. The second-order valence-electron chi connectivity index (χ2n) is 4.75. The Morgan fingerprint density at radius 3 is 2.10 bits per heavy atom. The van der Waals surface area contributed by atoms with Crippen molar-refractivity contribution in [2.75, 3.05) is 0 Å². The average Bonchev–Trinajstić information content (AvgIpc) is 2.47. The van der Waals surface area contributed by atoms with Crippen molar-refractivity contribution in [3.05, 3.63) is 70.8 Å². The predicted octanol–water partition coefficient (Wildman–Crippen LogP) is 4.73. The molecule has 0 unspecified atom stereocenters. The Kier molecular flexibility index (Phi) is 5.26. The zero-order valence-electron chi connectivity index (χ0n) is 11.3. The summed E-state index contributed by atoms with van der Waals surface area (Å²) in [5.41, 5.74) is 2.10. The Morgan fingerprint density at radius 1 is 0.857 bits per heavy atom. The summed E-state index contributed by atoms with van der Waals surface area (Å²) in [6.07, 6.45) is -4.30. The molecule has 0 bridgehead atoms. The van der Waals surface area contributed by atoms with E-state index in [4.69, 9.17) is 11.6 Å². The van der Waals surface area contributed by atoms with Crippen LogP contribution in [0.1, 0.15) is 22.3 Å². The number of hydrogen-bond acceptors (Lipinski definition) is 1. The lowest BCUT2D eigenvalue weighted by Crippen LogP contribution is -2.13. The van der Waals surface area contributed by atoms with Gasteiger partial charge in [0.2, 0.25) is 0 Å². The number of alkyl halides is 4. The van der Waals surface area contributed by atoms with Gasteiger partial charge in [-0.1, -0.05) is 42.5 Å². The van der Waals surface area contributed by atoms with Crippen LogP contribution in [0.4, 0.5) is 13.2 Å². The van der Waals surface area contributed by atoms with E-state index in [-0.39, 0.29) is 0 Å². The van der Waals surface area contributed by atoms with Crippen molar-refractivity contribution in [3.63, 3.8) is 0 Å². The lowest BCUT2D eigenvalue weighted by molar-refractivity contribution is -0.137. The van der Waals surface area contributed by atoms with E-state index in [1.807, 2.05) is 24.3 Å². The van der Waals surface area contributed by atoms with Crippen LogP contribution in [-0.2, 0) is 25.1 Å². The maximum atomic E-state index is 12.6. The average molecular weight is 314 g/mol. The number of hydrogen-bond donors (Lipinski definition) is 1. The summed E-state index contributed by atoms with van der Waals surface area (Å²) >= 11 is 5.71. The van der Waals surface area contributed by atoms with Crippen molar-refractivity contribution >= 4 is 11.6 Å². The third-order valence-electron chi connectivity index (χ3n) is 3.09. The topological polar surface area (TPSA) is 12.0 Å². The zero-order chi connectivity index (χ0) is 15.3. The van der Waals surface area contributed by atoms with Gasteiger partial charge in [-0.25, -0.2) is 0 Å². The van der Waals surface area contributed by atoms with E-state index in [0.29, 0.717) is 24.5 Å². The Bertz CT molecular complexity index is 579. The molecule has 21 heavy (non-hydrogen) atoms. The monoisotopic (exact) mass is 313 g/mol. The van der Waals surface area contributed by atoms with Gasteiger partial charge >= 0.3 is 6.18 Å². The SMILES string of the molecule is FC(F)(F)c1cccc(CNCc2ccc(CCl)cc2)c1. The molecule has 0 fully saturated rings. The fourth-order valence-electron chi connectivity index (χ4n) is 1.95. The Balaban J connectivity index is 1.91. The first-order chi connectivity index (χ1) is 9.99. The summed E-state index contributed by atoms with van der Waals surface area (Å²) in [7, 11) is 0. The fraction of sp³-hybridized carbons (Fsp3) is 0.250. The molecule has 1 nitrogen and oxygen atoms in total. The van der Waals surface area contributed by atoms with Crippen LogP contribution in [-0.4, -0.2) is 0 Å². The van der Waals surface area contributed by atoms with Crippen LogP contribution in [0.25, 0.3) is 0 Å². The number of rotatable bonds is 5. The van der Waals surface area contributed by atoms with E-state index in [0.717, 1.165) is 17.2 Å². The minimum Gasteiger partial charge on any atom is -0.309 e. The molecule has 0 amide bonds. The quantitative estimate of drug-likeness (QED) is 0.787. The summed E-state index contributed by atoms with van der Waals surface area (Å²) in [4.78, 5) is 0. The van der Waals surface area contributed by atoms with E-state index in [2.05, 4.69) is 5.32 Å². The first-order valence-corrected chi connectivity index (χ1v) is 7.03. The summed E-state index contributed by atoms with van der Waals surface area (Å²) in [6.45, 7) is 0.986. The second kappa shape index (κ2) is 6.96. The molecular formula is C16H15ClF3N. The smallest absolute Gasteiger partial charge is 0.309 e. The first-order valence-electron chi connectivity index (χ1n) is 6.49. The molecule has 0 heterocycles. The zero-order valence-corrected chi connectivity index (χ0v) is 12.0. The van der Waals surface area contributed by atoms with Gasteiger partial charge in [-0.3, -0.25) is 0 Å². The summed E-state index contributed by atoms with van der Waals surface area (Å²) in [5, 5.41) is 3.13. The summed E-state index contributed by atoms with van der Waals surface area (Å²) in [6, 6.07) is 13.1. The molecule has 2 rings (SSSR count). The van der Waals surface area contributed by atoms with Gasteiger partial charge in [0.25, 0.3) is 0 Å². The van der Waals surface area contributed by atoms with Gasteiger partial charge in [-0.05, 0) is 22.8 Å². The third kappa shape index (κ3) is 4.76. The maximum absolute atomic E-state index is 12.6. The highest BCUT2D eigenvalue weighted by molar-refractivity contribution is 6.17. The molecule has 0 spiro atoms. The molecule has 0 aliphatic heterocycles. The van der Waals surface area contributed by atoms with Crippen molar-refractivity contribution in [2.24, 2.45) is 0 Å². The van der Waals surface area contributed by atoms with E-state index >= 15 is 0 Å². The van der Waals surface area contributed by atoms with Crippen LogP contribution in [0.3, 0.4) is 0 Å². The van der Waals surface area contributed by atoms with Gasteiger partial charge in [0.05, 0.1) is 5.56 Å². The highest BCUT2D eigenvalue weighted by Gasteiger charge is 2.30. The van der Waals surface area contributed by atoms with Crippen molar-refractivity contribution in [2.45, 2.75) is 25.1 Å². The molecular weight excluding hydrogens is 299 g/mol. The number of benzene rings is 2. The van der Waals surface area contributed by atoms with Crippen LogP contribution in [0.5, 0.6) is 0 Å². The van der Waals surface area contributed by atoms with Crippen molar-refractivity contribution in [3.8, 4) is 0 Å². The second-order valence-corrected chi connectivity index (χ2v) is 5.02. The lowest BCUT2D eigenvalue weighted by atomic mass is 10.1. The highest BCUT2D eigenvalue weighted by Crippen LogP contribution is 2.29. The van der Waals surface area contributed by atoms with Gasteiger partial charge in [-0.15, -0.1) is 11.6 Å². The fourth-order valence-corrected chi connectivity index (χ4v) is 2.13. The lowest BCUT2D eigenvalue weighted by Gasteiger charge is -2.10. The Labute approximate surface area is 126 Å². The van der Waals surface area contributed by atoms with Gasteiger partial charge < -0.3 is 5.32 Å². The van der Waals surface area contributed by atoms with Crippen LogP contribution in [0, 0.1) is 0 Å². The van der Waals surface area contributed by atoms with Gasteiger partial charge in [-0.2, -0.15) is 13.2 Å². The number of nitrogens with one attached hydrogen (secondary N) is 1.